The summed E-state index contributed by atoms with van der Waals surface area (Å²) in [5, 5.41) is 3.16. The monoisotopic (exact) mass is 273 g/mol. The van der Waals surface area contributed by atoms with Gasteiger partial charge in [-0.05, 0) is 24.0 Å². The number of hydrogen-bond acceptors (Lipinski definition) is 1. The quantitative estimate of drug-likeness (QED) is 0.634. The van der Waals surface area contributed by atoms with Crippen molar-refractivity contribution >= 4 is 34.3 Å². The van der Waals surface area contributed by atoms with Gasteiger partial charge in [0.25, 0.3) is 0 Å². The van der Waals surface area contributed by atoms with E-state index in [1.165, 1.54) is 21.5 Å². The van der Waals surface area contributed by atoms with E-state index in [1.54, 1.807) is 11.8 Å². The van der Waals surface area contributed by atoms with Crippen LogP contribution in [-0.2, 0) is 0 Å². The second kappa shape index (κ2) is 4.71. The van der Waals surface area contributed by atoms with Crippen LogP contribution in [0.25, 0.3) is 22.0 Å². The van der Waals surface area contributed by atoms with Gasteiger partial charge in [-0.25, -0.2) is 0 Å². The van der Waals surface area contributed by atoms with Crippen molar-refractivity contribution in [2.75, 3.05) is 6.26 Å². The Kier molecular flexibility index (Phi) is 3.06. The first-order valence-electron chi connectivity index (χ1n) is 5.70. The van der Waals surface area contributed by atoms with E-state index >= 15 is 0 Å². The predicted molar refractivity (Wildman–Crippen MR) is 80.5 cm³/mol. The Labute approximate surface area is 115 Å². The molecular weight excluding hydrogens is 262 g/mol. The van der Waals surface area contributed by atoms with Crippen LogP contribution in [0, 0.1) is 0 Å². The molecule has 0 spiro atoms. The van der Waals surface area contributed by atoms with Crippen LogP contribution in [0.15, 0.2) is 53.6 Å². The first-order chi connectivity index (χ1) is 8.79. The van der Waals surface area contributed by atoms with E-state index in [1.807, 2.05) is 18.2 Å². The summed E-state index contributed by atoms with van der Waals surface area (Å²) in [5.41, 5.74) is 3.58. The Morgan fingerprint density at radius 2 is 1.83 bits per heavy atom. The van der Waals surface area contributed by atoms with Crippen molar-refractivity contribution in [1.29, 1.82) is 0 Å². The van der Waals surface area contributed by atoms with Crippen LogP contribution in [0.4, 0.5) is 0 Å². The fraction of sp³-hybridized carbons (Fsp3) is 0.0667. The predicted octanol–water partition coefficient (Wildman–Crippen LogP) is 5.21. The van der Waals surface area contributed by atoms with Crippen molar-refractivity contribution in [2.45, 2.75) is 5.03 Å². The topological polar surface area (TPSA) is 15.8 Å². The molecule has 0 aliphatic heterocycles. The molecule has 0 bridgehead atoms. The molecule has 3 heteroatoms. The molecule has 1 heterocycles. The van der Waals surface area contributed by atoms with Gasteiger partial charge in [-0.15, -0.1) is 11.8 Å². The Bertz CT molecular complexity index is 688. The zero-order valence-electron chi connectivity index (χ0n) is 9.91. The maximum atomic E-state index is 6.04. The van der Waals surface area contributed by atoms with Crippen molar-refractivity contribution in [3.8, 4) is 11.1 Å². The highest BCUT2D eigenvalue weighted by atomic mass is 35.5. The van der Waals surface area contributed by atoms with Gasteiger partial charge in [-0.1, -0.05) is 48.0 Å². The largest absolute Gasteiger partial charge is 0.349 e. The van der Waals surface area contributed by atoms with Crippen molar-refractivity contribution < 1.29 is 0 Å². The maximum Gasteiger partial charge on any atom is 0.0809 e. The molecule has 3 rings (SSSR count). The average molecular weight is 274 g/mol. The lowest BCUT2D eigenvalue weighted by Crippen LogP contribution is -1.77. The van der Waals surface area contributed by atoms with E-state index in [4.69, 9.17) is 11.6 Å². The Hall–Kier alpha value is -1.38. The van der Waals surface area contributed by atoms with Gasteiger partial charge in [0.1, 0.15) is 0 Å². The standard InChI is InChI=1S/C15H12ClNS/c1-18-15-14(10-5-3-2-4-6-10)12-8-7-11(16)9-13(12)17-15/h2-9,17H,1H3. The Balaban J connectivity index is 2.33. The molecule has 2 aromatic carbocycles. The lowest BCUT2D eigenvalue weighted by molar-refractivity contribution is 1.25. The highest BCUT2D eigenvalue weighted by molar-refractivity contribution is 7.98. The molecule has 3 aromatic rings. The molecule has 0 aliphatic rings. The molecule has 0 radical (unpaired) electrons. The Morgan fingerprint density at radius 1 is 1.06 bits per heavy atom. The number of hydrogen-bond donors (Lipinski definition) is 1. The van der Waals surface area contributed by atoms with E-state index < -0.39 is 0 Å². The van der Waals surface area contributed by atoms with E-state index in [9.17, 15) is 0 Å². The maximum absolute atomic E-state index is 6.04. The van der Waals surface area contributed by atoms with Gasteiger partial charge in [-0.2, -0.15) is 0 Å². The summed E-state index contributed by atoms with van der Waals surface area (Å²) in [6.45, 7) is 0. The lowest BCUT2D eigenvalue weighted by Gasteiger charge is -2.02. The number of aromatic nitrogens is 1. The van der Waals surface area contributed by atoms with Crippen LogP contribution in [0.3, 0.4) is 0 Å². The van der Waals surface area contributed by atoms with Crippen molar-refractivity contribution in [3.63, 3.8) is 0 Å². The molecule has 0 amide bonds. The summed E-state index contributed by atoms with van der Waals surface area (Å²) in [7, 11) is 0. The van der Waals surface area contributed by atoms with Crippen LogP contribution in [0.5, 0.6) is 0 Å². The van der Waals surface area contributed by atoms with Crippen molar-refractivity contribution in [2.24, 2.45) is 0 Å². The number of nitrogens with one attached hydrogen (secondary N) is 1. The van der Waals surface area contributed by atoms with Gasteiger partial charge in [0.15, 0.2) is 0 Å². The molecule has 0 aliphatic carbocycles. The number of rotatable bonds is 2. The summed E-state index contributed by atoms with van der Waals surface area (Å²) >= 11 is 7.77. The van der Waals surface area contributed by atoms with Gasteiger partial charge in [0, 0.05) is 21.5 Å². The summed E-state index contributed by atoms with van der Waals surface area (Å²) in [5.74, 6) is 0. The third-order valence-corrected chi connectivity index (χ3v) is 3.94. The molecular formula is C15H12ClNS. The SMILES string of the molecule is CSc1[nH]c2cc(Cl)ccc2c1-c1ccccc1. The number of thioether (sulfide) groups is 1. The van der Waals surface area contributed by atoms with Gasteiger partial charge in [0.2, 0.25) is 0 Å². The smallest absolute Gasteiger partial charge is 0.0809 e. The highest BCUT2D eigenvalue weighted by Gasteiger charge is 2.12. The third kappa shape index (κ3) is 1.92. The molecule has 1 aromatic heterocycles. The molecule has 1 nitrogen and oxygen atoms in total. The van der Waals surface area contributed by atoms with Crippen LogP contribution in [-0.4, -0.2) is 11.2 Å². The van der Waals surface area contributed by atoms with Gasteiger partial charge >= 0.3 is 0 Å². The lowest BCUT2D eigenvalue weighted by atomic mass is 10.1. The van der Waals surface area contributed by atoms with Gasteiger partial charge in [0.05, 0.1) is 5.03 Å². The second-order valence-corrected chi connectivity index (χ2v) is 5.34. The molecule has 0 fully saturated rings. The van der Waals surface area contributed by atoms with Gasteiger partial charge in [-0.3, -0.25) is 0 Å². The van der Waals surface area contributed by atoms with E-state index in [0.717, 1.165) is 10.5 Å². The van der Waals surface area contributed by atoms with Crippen LogP contribution < -0.4 is 0 Å². The minimum absolute atomic E-state index is 0.760. The summed E-state index contributed by atoms with van der Waals surface area (Å²) in [4.78, 5) is 3.43. The van der Waals surface area contributed by atoms with Crippen molar-refractivity contribution in [1.82, 2.24) is 4.98 Å². The molecule has 0 saturated heterocycles. The van der Waals surface area contributed by atoms with Crippen LogP contribution in [0.1, 0.15) is 0 Å². The molecule has 18 heavy (non-hydrogen) atoms. The van der Waals surface area contributed by atoms with Crippen LogP contribution in [0.2, 0.25) is 5.02 Å². The first-order valence-corrected chi connectivity index (χ1v) is 7.30. The number of benzene rings is 2. The minimum atomic E-state index is 0.760. The number of fused-ring (bicyclic) bond motifs is 1. The Morgan fingerprint density at radius 3 is 2.56 bits per heavy atom. The third-order valence-electron chi connectivity index (χ3n) is 2.99. The fourth-order valence-corrected chi connectivity index (χ4v) is 3.01. The van der Waals surface area contributed by atoms with Crippen molar-refractivity contribution in [3.05, 3.63) is 53.6 Å². The zero-order chi connectivity index (χ0) is 12.5. The van der Waals surface area contributed by atoms with E-state index in [-0.39, 0.29) is 0 Å². The molecule has 0 saturated carbocycles. The normalized spacial score (nSPS) is 11.0. The summed E-state index contributed by atoms with van der Waals surface area (Å²) in [6.07, 6.45) is 2.08. The summed E-state index contributed by atoms with van der Waals surface area (Å²) < 4.78 is 0. The summed E-state index contributed by atoms with van der Waals surface area (Å²) in [6, 6.07) is 16.4. The van der Waals surface area contributed by atoms with E-state index in [2.05, 4.69) is 41.6 Å². The number of halogens is 1. The average Bonchev–Trinajstić information content (AvgIpc) is 2.77. The first kappa shape index (κ1) is 11.7. The minimum Gasteiger partial charge on any atom is -0.349 e. The second-order valence-electron chi connectivity index (χ2n) is 4.09. The zero-order valence-corrected chi connectivity index (χ0v) is 11.5. The number of aromatic amines is 1. The van der Waals surface area contributed by atoms with Gasteiger partial charge < -0.3 is 4.98 Å². The molecule has 0 atom stereocenters. The highest BCUT2D eigenvalue weighted by Crippen LogP contribution is 2.37. The molecule has 0 unspecified atom stereocenters. The fourth-order valence-electron chi connectivity index (χ4n) is 2.19. The molecule has 90 valence electrons. The molecule has 1 N–H and O–H groups in total. The van der Waals surface area contributed by atoms with Crippen LogP contribution >= 0.6 is 23.4 Å². The number of H-pyrrole nitrogens is 1. The van der Waals surface area contributed by atoms with E-state index in [0.29, 0.717) is 0 Å².